The molecule has 0 saturated carbocycles. The van der Waals surface area contributed by atoms with Crippen molar-refractivity contribution in [3.8, 4) is 0 Å². The van der Waals surface area contributed by atoms with Gasteiger partial charge < -0.3 is 4.48 Å². The molecule has 1 heteroatoms. The van der Waals surface area contributed by atoms with E-state index in [2.05, 4.69) is 51.9 Å². The van der Waals surface area contributed by atoms with Gasteiger partial charge in [0, 0.05) is 5.56 Å². The minimum atomic E-state index is 1.06. The van der Waals surface area contributed by atoms with Crippen LogP contribution in [-0.2, 0) is 6.54 Å². The van der Waals surface area contributed by atoms with Gasteiger partial charge in [0.1, 0.15) is 6.54 Å². The maximum atomic E-state index is 3.76. The molecule has 0 atom stereocenters. The average Bonchev–Trinajstić information content (AvgIpc) is 2.18. The van der Waals surface area contributed by atoms with Crippen molar-refractivity contribution in [1.82, 2.24) is 0 Å². The van der Waals surface area contributed by atoms with Crippen molar-refractivity contribution in [1.29, 1.82) is 0 Å². The molecule has 1 rings (SSSR count). The van der Waals surface area contributed by atoms with E-state index in [0.717, 1.165) is 11.0 Å². The summed E-state index contributed by atoms with van der Waals surface area (Å²) in [6.45, 7) is 8.33. The molecule has 0 heterocycles. The Hall–Kier alpha value is -1.08. The second-order valence-corrected chi connectivity index (χ2v) is 4.76. The van der Waals surface area contributed by atoms with E-state index < -0.39 is 0 Å². The molecule has 0 aliphatic carbocycles. The molecule has 0 spiro atoms. The Labute approximate surface area is 93.6 Å². The summed E-state index contributed by atoms with van der Waals surface area (Å²) in [5.74, 6) is 0. The fraction of sp³-hybridized carbons (Fsp3) is 0.429. The summed E-state index contributed by atoms with van der Waals surface area (Å²) in [5.41, 5.74) is 2.60. The minimum absolute atomic E-state index is 1.06. The van der Waals surface area contributed by atoms with E-state index in [-0.39, 0.29) is 0 Å². The first-order chi connectivity index (χ1) is 7.07. The highest BCUT2D eigenvalue weighted by atomic mass is 15.3. The van der Waals surface area contributed by atoms with Crippen molar-refractivity contribution in [3.05, 3.63) is 42.0 Å². The van der Waals surface area contributed by atoms with Crippen LogP contribution in [0.5, 0.6) is 0 Å². The minimum Gasteiger partial charge on any atom is -0.325 e. The first-order valence-electron chi connectivity index (χ1n) is 5.61. The van der Waals surface area contributed by atoms with Gasteiger partial charge in [-0.05, 0) is 12.0 Å². The maximum Gasteiger partial charge on any atom is 0.104 e. The number of hydrogen-bond donors (Lipinski definition) is 0. The van der Waals surface area contributed by atoms with Crippen molar-refractivity contribution in [2.45, 2.75) is 19.9 Å². The Bertz CT molecular complexity index is 309. The molecule has 0 radical (unpaired) electrons. The summed E-state index contributed by atoms with van der Waals surface area (Å²) in [4.78, 5) is 0. The van der Waals surface area contributed by atoms with Crippen LogP contribution in [0.25, 0.3) is 6.08 Å². The van der Waals surface area contributed by atoms with Gasteiger partial charge in [-0.2, -0.15) is 0 Å². The Morgan fingerprint density at radius 2 is 1.80 bits per heavy atom. The topological polar surface area (TPSA) is 0 Å². The molecule has 1 aromatic carbocycles. The first-order valence-corrected chi connectivity index (χ1v) is 5.61. The van der Waals surface area contributed by atoms with Gasteiger partial charge in [0.2, 0.25) is 0 Å². The molecule has 15 heavy (non-hydrogen) atoms. The smallest absolute Gasteiger partial charge is 0.104 e. The van der Waals surface area contributed by atoms with E-state index in [1.54, 1.807) is 0 Å². The lowest BCUT2D eigenvalue weighted by Gasteiger charge is -2.29. The van der Waals surface area contributed by atoms with Crippen molar-refractivity contribution < 1.29 is 4.48 Å². The van der Waals surface area contributed by atoms with Gasteiger partial charge in [0.25, 0.3) is 0 Å². The summed E-state index contributed by atoms with van der Waals surface area (Å²) in [7, 11) is 4.57. The van der Waals surface area contributed by atoms with E-state index in [4.69, 9.17) is 0 Å². The van der Waals surface area contributed by atoms with Crippen molar-refractivity contribution >= 4 is 6.08 Å². The molecule has 1 aromatic rings. The summed E-state index contributed by atoms with van der Waals surface area (Å²) in [6, 6.07) is 8.67. The molecule has 0 aromatic heterocycles. The largest absolute Gasteiger partial charge is 0.325 e. The lowest BCUT2D eigenvalue weighted by molar-refractivity contribution is -0.903. The van der Waals surface area contributed by atoms with E-state index in [0.29, 0.717) is 0 Å². The Balaban J connectivity index is 2.68. The zero-order valence-corrected chi connectivity index (χ0v) is 10.2. The monoisotopic (exact) mass is 204 g/mol. The highest BCUT2D eigenvalue weighted by molar-refractivity contribution is 5.47. The Kier molecular flexibility index (Phi) is 4.10. The van der Waals surface area contributed by atoms with E-state index in [9.17, 15) is 0 Å². The second-order valence-electron chi connectivity index (χ2n) is 4.76. The number of benzene rings is 1. The zero-order chi connectivity index (χ0) is 11.3. The number of nitrogens with zero attached hydrogens (tertiary/aromatic N) is 1. The molecule has 0 saturated heterocycles. The van der Waals surface area contributed by atoms with Crippen LogP contribution < -0.4 is 0 Å². The maximum absolute atomic E-state index is 3.76. The molecule has 0 unspecified atom stereocenters. The van der Waals surface area contributed by atoms with Crippen LogP contribution in [-0.4, -0.2) is 25.1 Å². The third-order valence-electron chi connectivity index (χ3n) is 2.65. The van der Waals surface area contributed by atoms with Gasteiger partial charge in [-0.1, -0.05) is 43.8 Å². The normalized spacial score (nSPS) is 11.4. The fourth-order valence-electron chi connectivity index (χ4n) is 1.94. The van der Waals surface area contributed by atoms with Crippen LogP contribution in [0.2, 0.25) is 0 Å². The van der Waals surface area contributed by atoms with Gasteiger partial charge in [0.05, 0.1) is 20.6 Å². The lowest BCUT2D eigenvalue weighted by Crippen LogP contribution is -2.39. The molecule has 0 N–H and O–H groups in total. The van der Waals surface area contributed by atoms with Crippen LogP contribution in [0.1, 0.15) is 24.5 Å². The van der Waals surface area contributed by atoms with Gasteiger partial charge in [-0.25, -0.2) is 0 Å². The quantitative estimate of drug-likeness (QED) is 0.645. The van der Waals surface area contributed by atoms with Gasteiger partial charge in [-0.15, -0.1) is 0 Å². The molecular formula is C14H22N+. The van der Waals surface area contributed by atoms with Crippen molar-refractivity contribution in [2.75, 3.05) is 20.6 Å². The molecule has 0 amide bonds. The summed E-state index contributed by atoms with van der Waals surface area (Å²) in [5, 5.41) is 0. The van der Waals surface area contributed by atoms with E-state index in [1.165, 1.54) is 24.1 Å². The SMILES string of the molecule is C=Cc1ccc(C[N+](C)(C)CCC)cc1. The first kappa shape index (κ1) is 12.0. The summed E-state index contributed by atoms with van der Waals surface area (Å²) >= 11 is 0. The van der Waals surface area contributed by atoms with E-state index >= 15 is 0 Å². The molecule has 0 bridgehead atoms. The van der Waals surface area contributed by atoms with Crippen molar-refractivity contribution in [2.24, 2.45) is 0 Å². The molecule has 0 fully saturated rings. The highest BCUT2D eigenvalue weighted by Gasteiger charge is 2.13. The molecular weight excluding hydrogens is 182 g/mol. The van der Waals surface area contributed by atoms with Gasteiger partial charge in [0.15, 0.2) is 0 Å². The second kappa shape index (κ2) is 5.13. The van der Waals surface area contributed by atoms with Crippen LogP contribution in [0.4, 0.5) is 0 Å². The summed E-state index contributed by atoms with van der Waals surface area (Å²) < 4.78 is 1.06. The van der Waals surface area contributed by atoms with Crippen LogP contribution in [0.15, 0.2) is 30.8 Å². The van der Waals surface area contributed by atoms with Crippen LogP contribution >= 0.6 is 0 Å². The lowest BCUT2D eigenvalue weighted by atomic mass is 10.1. The zero-order valence-electron chi connectivity index (χ0n) is 10.2. The van der Waals surface area contributed by atoms with Crippen LogP contribution in [0, 0.1) is 0 Å². The van der Waals surface area contributed by atoms with Gasteiger partial charge in [-0.3, -0.25) is 0 Å². The van der Waals surface area contributed by atoms with E-state index in [1.807, 2.05) is 6.08 Å². The molecule has 0 aliphatic heterocycles. The third kappa shape index (κ3) is 3.88. The molecule has 0 aliphatic rings. The predicted molar refractivity (Wildman–Crippen MR) is 67.5 cm³/mol. The fourth-order valence-corrected chi connectivity index (χ4v) is 1.94. The molecule has 1 nitrogen and oxygen atoms in total. The highest BCUT2D eigenvalue weighted by Crippen LogP contribution is 2.11. The molecule has 82 valence electrons. The Morgan fingerprint density at radius 1 is 1.20 bits per heavy atom. The third-order valence-corrected chi connectivity index (χ3v) is 2.65. The predicted octanol–water partition coefficient (Wildman–Crippen LogP) is 3.32. The van der Waals surface area contributed by atoms with Gasteiger partial charge >= 0.3 is 0 Å². The Morgan fingerprint density at radius 3 is 2.27 bits per heavy atom. The average molecular weight is 204 g/mol. The number of rotatable bonds is 5. The summed E-state index contributed by atoms with van der Waals surface area (Å²) in [6.07, 6.45) is 3.12. The van der Waals surface area contributed by atoms with Crippen molar-refractivity contribution in [3.63, 3.8) is 0 Å². The number of quaternary nitrogens is 1. The number of hydrogen-bond acceptors (Lipinski definition) is 0. The van der Waals surface area contributed by atoms with Crippen LogP contribution in [0.3, 0.4) is 0 Å². The standard InChI is InChI=1S/C14H22N/c1-5-11-15(3,4)12-14-9-7-13(6-2)8-10-14/h6-10H,2,5,11-12H2,1,3-4H3/q+1.